The fourth-order valence-corrected chi connectivity index (χ4v) is 3.04. The summed E-state index contributed by atoms with van der Waals surface area (Å²) in [6, 6.07) is 17.4. The maximum Gasteiger partial charge on any atom is 0.230 e. The first kappa shape index (κ1) is 18.0. The molecule has 1 amide bonds. The highest BCUT2D eigenvalue weighted by atomic mass is 32.2. The molecule has 0 aliphatic rings. The van der Waals surface area contributed by atoms with Gasteiger partial charge in [-0.15, -0.1) is 5.10 Å². The lowest BCUT2D eigenvalue weighted by atomic mass is 10.1. The number of amides is 1. The minimum absolute atomic E-state index is 0.0358. The minimum atomic E-state index is -0.0536. The minimum Gasteiger partial charge on any atom is -0.497 e. The van der Waals surface area contributed by atoms with Crippen molar-refractivity contribution in [3.8, 4) is 17.1 Å². The van der Waals surface area contributed by atoms with Gasteiger partial charge < -0.3 is 10.1 Å². The number of nitrogens with zero attached hydrogens (tertiary/aromatic N) is 2. The van der Waals surface area contributed by atoms with Gasteiger partial charge in [0.25, 0.3) is 0 Å². The van der Waals surface area contributed by atoms with Crippen LogP contribution in [-0.2, 0) is 4.79 Å². The molecule has 0 aliphatic carbocycles. The zero-order chi connectivity index (χ0) is 18.4. The van der Waals surface area contributed by atoms with E-state index in [0.717, 1.165) is 16.9 Å². The third-order valence-electron chi connectivity index (χ3n) is 3.84. The van der Waals surface area contributed by atoms with Gasteiger partial charge in [-0.3, -0.25) is 9.89 Å². The van der Waals surface area contributed by atoms with Crippen molar-refractivity contribution in [2.45, 2.75) is 18.1 Å². The van der Waals surface area contributed by atoms with Gasteiger partial charge in [0.15, 0.2) is 5.82 Å². The number of H-pyrrole nitrogens is 1. The molecule has 2 N–H and O–H groups in total. The third-order valence-corrected chi connectivity index (χ3v) is 4.69. The monoisotopic (exact) mass is 368 g/mol. The zero-order valence-corrected chi connectivity index (χ0v) is 15.4. The zero-order valence-electron chi connectivity index (χ0n) is 14.6. The van der Waals surface area contributed by atoms with Gasteiger partial charge in [-0.2, -0.15) is 0 Å². The van der Waals surface area contributed by atoms with Gasteiger partial charge in [0.1, 0.15) is 5.75 Å². The summed E-state index contributed by atoms with van der Waals surface area (Å²) < 4.78 is 5.14. The third kappa shape index (κ3) is 4.64. The van der Waals surface area contributed by atoms with Crippen molar-refractivity contribution < 1.29 is 9.53 Å². The molecule has 0 bridgehead atoms. The number of methoxy groups -OCH3 is 1. The second kappa shape index (κ2) is 8.53. The molecule has 0 radical (unpaired) electrons. The Morgan fingerprint density at radius 2 is 1.92 bits per heavy atom. The number of ether oxygens (including phenoxy) is 1. The molecule has 3 rings (SSSR count). The maximum atomic E-state index is 12.1. The maximum absolute atomic E-state index is 12.1. The highest BCUT2D eigenvalue weighted by Crippen LogP contribution is 2.21. The van der Waals surface area contributed by atoms with E-state index >= 15 is 0 Å². The molecule has 0 aliphatic heterocycles. The topological polar surface area (TPSA) is 79.9 Å². The van der Waals surface area contributed by atoms with Crippen molar-refractivity contribution in [1.29, 1.82) is 0 Å². The van der Waals surface area contributed by atoms with E-state index in [9.17, 15) is 4.79 Å². The Hall–Kier alpha value is -2.80. The van der Waals surface area contributed by atoms with Gasteiger partial charge in [0.05, 0.1) is 18.9 Å². The molecule has 0 saturated carbocycles. The van der Waals surface area contributed by atoms with Gasteiger partial charge in [-0.25, -0.2) is 4.98 Å². The standard InChI is InChI=1S/C19H20N4O2S/c1-13(14-6-4-3-5-7-14)20-17(24)12-26-19-21-18(22-23-19)15-8-10-16(25-2)11-9-15/h3-11,13H,12H2,1-2H3,(H,20,24)(H,21,22,23)/t13-/m1/s1. The lowest BCUT2D eigenvalue weighted by Crippen LogP contribution is -2.28. The van der Waals surface area contributed by atoms with Crippen molar-refractivity contribution in [2.24, 2.45) is 0 Å². The fraction of sp³-hybridized carbons (Fsp3) is 0.211. The average Bonchev–Trinajstić information content (AvgIpc) is 3.16. The van der Waals surface area contributed by atoms with E-state index in [1.807, 2.05) is 61.5 Å². The average molecular weight is 368 g/mol. The van der Waals surface area contributed by atoms with Crippen LogP contribution in [-0.4, -0.2) is 34.0 Å². The smallest absolute Gasteiger partial charge is 0.230 e. The summed E-state index contributed by atoms with van der Waals surface area (Å²) >= 11 is 1.30. The molecule has 0 fully saturated rings. The van der Waals surface area contributed by atoms with E-state index in [-0.39, 0.29) is 17.7 Å². The summed E-state index contributed by atoms with van der Waals surface area (Å²) in [7, 11) is 1.63. The van der Waals surface area contributed by atoms with Crippen LogP contribution in [0.25, 0.3) is 11.4 Å². The van der Waals surface area contributed by atoms with Crippen LogP contribution < -0.4 is 10.1 Å². The van der Waals surface area contributed by atoms with Crippen molar-refractivity contribution in [3.63, 3.8) is 0 Å². The molecule has 0 saturated heterocycles. The Bertz CT molecular complexity index is 849. The van der Waals surface area contributed by atoms with E-state index in [2.05, 4.69) is 20.5 Å². The van der Waals surface area contributed by atoms with Crippen LogP contribution in [0.4, 0.5) is 0 Å². The van der Waals surface area contributed by atoms with E-state index < -0.39 is 0 Å². The highest BCUT2D eigenvalue weighted by molar-refractivity contribution is 7.99. The van der Waals surface area contributed by atoms with Crippen molar-refractivity contribution in [3.05, 3.63) is 60.2 Å². The van der Waals surface area contributed by atoms with E-state index in [1.165, 1.54) is 11.8 Å². The molecule has 2 aromatic carbocycles. The van der Waals surface area contributed by atoms with Crippen molar-refractivity contribution in [2.75, 3.05) is 12.9 Å². The predicted octanol–water partition coefficient (Wildman–Crippen LogP) is 3.45. The van der Waals surface area contributed by atoms with Crippen LogP contribution in [0.3, 0.4) is 0 Å². The Balaban J connectivity index is 1.53. The molecule has 26 heavy (non-hydrogen) atoms. The Morgan fingerprint density at radius 1 is 1.19 bits per heavy atom. The molecule has 1 aromatic heterocycles. The van der Waals surface area contributed by atoms with Gasteiger partial charge in [-0.1, -0.05) is 42.1 Å². The number of aromatic amines is 1. The molecule has 1 heterocycles. The Morgan fingerprint density at radius 3 is 2.62 bits per heavy atom. The van der Waals surface area contributed by atoms with Crippen LogP contribution in [0.1, 0.15) is 18.5 Å². The fourth-order valence-electron chi connectivity index (χ4n) is 2.43. The van der Waals surface area contributed by atoms with Gasteiger partial charge in [0, 0.05) is 5.56 Å². The molecule has 7 heteroatoms. The van der Waals surface area contributed by atoms with Gasteiger partial charge in [0.2, 0.25) is 11.1 Å². The molecule has 0 unspecified atom stereocenters. The predicted molar refractivity (Wildman–Crippen MR) is 102 cm³/mol. The number of aromatic nitrogens is 3. The molecule has 3 aromatic rings. The van der Waals surface area contributed by atoms with Crippen LogP contribution >= 0.6 is 11.8 Å². The summed E-state index contributed by atoms with van der Waals surface area (Å²) in [4.78, 5) is 16.6. The Labute approximate surface area is 156 Å². The quantitative estimate of drug-likeness (QED) is 0.625. The van der Waals surface area contributed by atoms with Gasteiger partial charge >= 0.3 is 0 Å². The van der Waals surface area contributed by atoms with E-state index in [0.29, 0.717) is 11.0 Å². The number of carbonyl (C=O) groups is 1. The molecule has 0 spiro atoms. The van der Waals surface area contributed by atoms with Crippen LogP contribution in [0.5, 0.6) is 5.75 Å². The first-order chi connectivity index (χ1) is 12.7. The van der Waals surface area contributed by atoms with Gasteiger partial charge in [-0.05, 0) is 36.8 Å². The summed E-state index contributed by atoms with van der Waals surface area (Å²) in [5, 5.41) is 10.6. The molecule has 1 atom stereocenters. The largest absolute Gasteiger partial charge is 0.497 e. The van der Waals surface area contributed by atoms with Crippen molar-refractivity contribution in [1.82, 2.24) is 20.5 Å². The number of nitrogens with one attached hydrogen (secondary N) is 2. The first-order valence-corrected chi connectivity index (χ1v) is 9.18. The molecular formula is C19H20N4O2S. The first-order valence-electron chi connectivity index (χ1n) is 8.19. The number of carbonyl (C=O) groups excluding carboxylic acids is 1. The second-order valence-corrected chi connectivity index (χ2v) is 6.63. The Kier molecular flexibility index (Phi) is 5.91. The number of rotatable bonds is 7. The molecular weight excluding hydrogens is 348 g/mol. The van der Waals surface area contributed by atoms with Crippen LogP contribution in [0, 0.1) is 0 Å². The lowest BCUT2D eigenvalue weighted by Gasteiger charge is -2.13. The summed E-state index contributed by atoms with van der Waals surface area (Å²) in [5.41, 5.74) is 1.98. The number of benzene rings is 2. The normalized spacial score (nSPS) is 11.8. The highest BCUT2D eigenvalue weighted by Gasteiger charge is 2.12. The summed E-state index contributed by atoms with van der Waals surface area (Å²) in [6.45, 7) is 1.96. The SMILES string of the molecule is COc1ccc(-c2nc(SCC(=O)N[C@H](C)c3ccccc3)n[nH]2)cc1. The summed E-state index contributed by atoms with van der Waals surface area (Å²) in [6.07, 6.45) is 0. The number of thioether (sulfide) groups is 1. The van der Waals surface area contributed by atoms with E-state index in [1.54, 1.807) is 7.11 Å². The van der Waals surface area contributed by atoms with E-state index in [4.69, 9.17) is 4.74 Å². The van der Waals surface area contributed by atoms with Crippen molar-refractivity contribution >= 4 is 17.7 Å². The lowest BCUT2D eigenvalue weighted by molar-refractivity contribution is -0.119. The summed E-state index contributed by atoms with van der Waals surface area (Å²) in [5.74, 6) is 1.65. The molecule has 6 nitrogen and oxygen atoms in total. The van der Waals surface area contributed by atoms with Crippen LogP contribution in [0.15, 0.2) is 59.8 Å². The number of hydrogen-bond acceptors (Lipinski definition) is 5. The van der Waals surface area contributed by atoms with Crippen LogP contribution in [0.2, 0.25) is 0 Å². The number of hydrogen-bond donors (Lipinski definition) is 2. The molecule has 134 valence electrons. The second-order valence-electron chi connectivity index (χ2n) is 5.68.